The van der Waals surface area contributed by atoms with Crippen molar-refractivity contribution in [2.75, 3.05) is 9.73 Å². The van der Waals surface area contributed by atoms with Gasteiger partial charge in [-0.1, -0.05) is 23.7 Å². The maximum Gasteiger partial charge on any atom is 0.278 e. The minimum Gasteiger partial charge on any atom is -0.322 e. The number of hydrazine groups is 1. The third-order valence-corrected chi connectivity index (χ3v) is 6.96. The average molecular weight is 464 g/mol. The molecule has 3 aromatic rings. The first-order chi connectivity index (χ1) is 14.7. The Kier molecular flexibility index (Phi) is 5.42. The molecule has 1 aliphatic rings. The number of carbonyl (C=O) groups excluding carboxylic acids is 1. The van der Waals surface area contributed by atoms with Gasteiger partial charge < -0.3 is 5.32 Å². The summed E-state index contributed by atoms with van der Waals surface area (Å²) in [4.78, 5) is 12.5. The Bertz CT molecular complexity index is 1290. The predicted molar refractivity (Wildman–Crippen MR) is 113 cm³/mol. The van der Waals surface area contributed by atoms with Crippen molar-refractivity contribution in [1.82, 2.24) is 5.43 Å². The third-order valence-electron chi connectivity index (χ3n) is 4.82. The molecule has 0 aromatic heterocycles. The van der Waals surface area contributed by atoms with Gasteiger partial charge in [-0.3, -0.25) is 4.79 Å². The van der Waals surface area contributed by atoms with Gasteiger partial charge in [0.25, 0.3) is 15.9 Å². The van der Waals surface area contributed by atoms with Crippen LogP contribution in [0.25, 0.3) is 0 Å². The zero-order chi connectivity index (χ0) is 22.3. The Balaban J connectivity index is 1.67. The number of hydrogen-bond acceptors (Lipinski definition) is 4. The lowest BCUT2D eigenvalue weighted by Gasteiger charge is -2.21. The van der Waals surface area contributed by atoms with Crippen molar-refractivity contribution < 1.29 is 22.0 Å². The number of carbonyl (C=O) groups is 1. The minimum atomic E-state index is -4.05. The van der Waals surface area contributed by atoms with Crippen LogP contribution in [0.3, 0.4) is 0 Å². The molecule has 0 aliphatic carbocycles. The molecule has 4 rings (SSSR count). The molecular formula is C21H16ClF2N3O3S. The number of hydrogen-bond donors (Lipinski definition) is 2. The molecular weight excluding hydrogens is 448 g/mol. The van der Waals surface area contributed by atoms with Gasteiger partial charge in [-0.25, -0.2) is 14.2 Å². The van der Waals surface area contributed by atoms with Crippen LogP contribution < -0.4 is 15.2 Å². The quantitative estimate of drug-likeness (QED) is 0.601. The molecule has 0 radical (unpaired) electrons. The highest BCUT2D eigenvalue weighted by Gasteiger charge is 2.32. The second kappa shape index (κ2) is 7.92. The minimum absolute atomic E-state index is 0.0451. The van der Waals surface area contributed by atoms with Gasteiger partial charge in [0.05, 0.1) is 21.2 Å². The lowest BCUT2D eigenvalue weighted by atomic mass is 10.1. The van der Waals surface area contributed by atoms with Crippen molar-refractivity contribution in [2.24, 2.45) is 0 Å². The van der Waals surface area contributed by atoms with Gasteiger partial charge in [0, 0.05) is 12.2 Å². The van der Waals surface area contributed by atoms with Gasteiger partial charge in [-0.05, 0) is 60.5 Å². The Labute approximate surface area is 182 Å². The molecule has 0 bridgehead atoms. The number of benzene rings is 3. The summed E-state index contributed by atoms with van der Waals surface area (Å²) in [6, 6.07) is 12.0. The Hall–Kier alpha value is -3.01. The summed E-state index contributed by atoms with van der Waals surface area (Å²) in [6.45, 7) is 1.74. The number of aryl methyl sites for hydroxylation is 1. The zero-order valence-electron chi connectivity index (χ0n) is 16.1. The number of rotatable bonds is 4. The van der Waals surface area contributed by atoms with Gasteiger partial charge in [0.1, 0.15) is 11.6 Å². The summed E-state index contributed by atoms with van der Waals surface area (Å²) >= 11 is 5.94. The van der Waals surface area contributed by atoms with E-state index in [4.69, 9.17) is 11.6 Å². The Morgan fingerprint density at radius 2 is 1.90 bits per heavy atom. The number of nitrogens with zero attached hydrogens (tertiary/aromatic N) is 1. The van der Waals surface area contributed by atoms with Crippen LogP contribution in [-0.4, -0.2) is 14.3 Å². The van der Waals surface area contributed by atoms with E-state index in [2.05, 4.69) is 10.7 Å². The highest BCUT2D eigenvalue weighted by Crippen LogP contribution is 2.34. The maximum absolute atomic E-state index is 14.0. The number of fused-ring (bicyclic) bond motifs is 1. The SMILES string of the molecule is Cc1cc(F)ccc1S(=O)(=O)N1NCc2ccc(NC(=O)c3c(F)cccc3Cl)cc21. The fourth-order valence-electron chi connectivity index (χ4n) is 3.35. The number of nitrogens with one attached hydrogen (secondary N) is 2. The van der Waals surface area contributed by atoms with E-state index < -0.39 is 27.6 Å². The smallest absolute Gasteiger partial charge is 0.278 e. The topological polar surface area (TPSA) is 78.5 Å². The summed E-state index contributed by atoms with van der Waals surface area (Å²) in [5, 5.41) is 2.49. The summed E-state index contributed by atoms with van der Waals surface area (Å²) in [5.74, 6) is -2.08. The maximum atomic E-state index is 14.0. The van der Waals surface area contributed by atoms with E-state index >= 15 is 0 Å². The van der Waals surface area contributed by atoms with E-state index in [0.717, 1.165) is 22.6 Å². The van der Waals surface area contributed by atoms with Crippen LogP contribution >= 0.6 is 11.6 Å². The molecule has 0 saturated carbocycles. The van der Waals surface area contributed by atoms with Crippen molar-refractivity contribution in [2.45, 2.75) is 18.4 Å². The number of amides is 1. The van der Waals surface area contributed by atoms with Crippen LogP contribution in [0.4, 0.5) is 20.2 Å². The molecule has 6 nitrogen and oxygen atoms in total. The van der Waals surface area contributed by atoms with Crippen LogP contribution in [0.1, 0.15) is 21.5 Å². The molecule has 0 unspecified atom stereocenters. The lowest BCUT2D eigenvalue weighted by molar-refractivity contribution is 0.102. The predicted octanol–water partition coefficient (Wildman–Crippen LogP) is 4.39. The number of sulfonamides is 1. The van der Waals surface area contributed by atoms with Gasteiger partial charge in [-0.15, -0.1) is 0 Å². The van der Waals surface area contributed by atoms with Crippen molar-refractivity contribution in [3.8, 4) is 0 Å². The molecule has 1 amide bonds. The average Bonchev–Trinajstić information content (AvgIpc) is 3.11. The van der Waals surface area contributed by atoms with Crippen molar-refractivity contribution in [3.63, 3.8) is 0 Å². The molecule has 0 saturated heterocycles. The van der Waals surface area contributed by atoms with E-state index in [-0.39, 0.29) is 33.3 Å². The van der Waals surface area contributed by atoms with Gasteiger partial charge >= 0.3 is 0 Å². The largest absolute Gasteiger partial charge is 0.322 e. The number of halogens is 3. The second-order valence-electron chi connectivity index (χ2n) is 6.91. The van der Waals surface area contributed by atoms with E-state index in [1.807, 2.05) is 0 Å². The van der Waals surface area contributed by atoms with Crippen LogP contribution in [0.2, 0.25) is 5.02 Å². The first-order valence-corrected chi connectivity index (χ1v) is 10.9. The van der Waals surface area contributed by atoms with Crippen LogP contribution in [0, 0.1) is 18.6 Å². The van der Waals surface area contributed by atoms with E-state index in [0.29, 0.717) is 11.3 Å². The molecule has 31 heavy (non-hydrogen) atoms. The van der Waals surface area contributed by atoms with E-state index in [1.165, 1.54) is 31.2 Å². The van der Waals surface area contributed by atoms with Gasteiger partial charge in [0.2, 0.25) is 0 Å². The molecule has 0 fully saturated rings. The van der Waals surface area contributed by atoms with E-state index in [1.54, 1.807) is 12.1 Å². The highest BCUT2D eigenvalue weighted by molar-refractivity contribution is 7.92. The molecule has 0 spiro atoms. The summed E-state index contributed by atoms with van der Waals surface area (Å²) in [6.07, 6.45) is 0. The third kappa shape index (κ3) is 3.87. The van der Waals surface area contributed by atoms with Crippen LogP contribution in [0.15, 0.2) is 59.5 Å². The van der Waals surface area contributed by atoms with Crippen molar-refractivity contribution in [1.29, 1.82) is 0 Å². The van der Waals surface area contributed by atoms with Crippen LogP contribution in [-0.2, 0) is 16.6 Å². The summed E-state index contributed by atoms with van der Waals surface area (Å²) in [7, 11) is -4.05. The fourth-order valence-corrected chi connectivity index (χ4v) is 5.16. The molecule has 3 aromatic carbocycles. The van der Waals surface area contributed by atoms with E-state index in [9.17, 15) is 22.0 Å². The Morgan fingerprint density at radius 1 is 1.13 bits per heavy atom. The molecule has 160 valence electrons. The monoisotopic (exact) mass is 463 g/mol. The zero-order valence-corrected chi connectivity index (χ0v) is 17.7. The molecule has 10 heteroatoms. The van der Waals surface area contributed by atoms with Crippen molar-refractivity contribution in [3.05, 3.63) is 87.9 Å². The molecule has 1 aliphatic heterocycles. The number of anilines is 2. The summed E-state index contributed by atoms with van der Waals surface area (Å²) in [5.41, 5.74) is 3.96. The first-order valence-electron chi connectivity index (χ1n) is 9.12. The lowest BCUT2D eigenvalue weighted by Crippen LogP contribution is -2.38. The second-order valence-corrected chi connectivity index (χ2v) is 9.07. The molecule has 1 heterocycles. The molecule has 2 N–H and O–H groups in total. The standard InChI is InChI=1S/C21H16ClF2N3O3S/c1-12-9-14(23)6-8-19(12)31(29,30)27-18-10-15(7-5-13(18)11-25-27)26-21(28)20-16(22)3-2-4-17(20)24/h2-10,25H,11H2,1H3,(H,26,28). The van der Waals surface area contributed by atoms with Gasteiger partial charge in [-0.2, -0.15) is 12.8 Å². The molecule has 0 atom stereocenters. The first kappa shape index (κ1) is 21.2. The normalized spacial score (nSPS) is 13.2. The summed E-state index contributed by atoms with van der Waals surface area (Å²) < 4.78 is 54.7. The Morgan fingerprint density at radius 3 is 2.61 bits per heavy atom. The van der Waals surface area contributed by atoms with Crippen LogP contribution in [0.5, 0.6) is 0 Å². The van der Waals surface area contributed by atoms with Crippen molar-refractivity contribution >= 4 is 38.9 Å². The van der Waals surface area contributed by atoms with Gasteiger partial charge in [0.15, 0.2) is 0 Å². The fraction of sp³-hybridized carbons (Fsp3) is 0.0952. The highest BCUT2D eigenvalue weighted by atomic mass is 35.5.